The summed E-state index contributed by atoms with van der Waals surface area (Å²) < 4.78 is 11.7. The molecule has 0 amide bonds. The van der Waals surface area contributed by atoms with E-state index >= 15 is 0 Å². The summed E-state index contributed by atoms with van der Waals surface area (Å²) in [5.41, 5.74) is 0.997. The Balaban J connectivity index is 2.18. The summed E-state index contributed by atoms with van der Waals surface area (Å²) in [6.07, 6.45) is 2.45. The quantitative estimate of drug-likeness (QED) is 0.898. The second kappa shape index (κ2) is 6.95. The molecule has 0 aliphatic carbocycles. The Morgan fingerprint density at radius 1 is 1.45 bits per heavy atom. The maximum atomic E-state index is 9.35. The van der Waals surface area contributed by atoms with Crippen LogP contribution in [0.5, 0.6) is 11.5 Å². The standard InChI is InChI=1S/C16H25NO3/c1-12(11-18)14-7-4-8-15(16(14)19-3)20-13-6-5-9-17(2)10-13/h4,7-8,12-13,18H,5-6,9-11H2,1-3H3. The topological polar surface area (TPSA) is 41.9 Å². The highest BCUT2D eigenvalue weighted by Gasteiger charge is 2.22. The lowest BCUT2D eigenvalue weighted by molar-refractivity contribution is 0.101. The number of hydrogen-bond acceptors (Lipinski definition) is 4. The summed E-state index contributed by atoms with van der Waals surface area (Å²) in [7, 11) is 3.78. The highest BCUT2D eigenvalue weighted by atomic mass is 16.5. The van der Waals surface area contributed by atoms with Crippen molar-refractivity contribution >= 4 is 0 Å². The van der Waals surface area contributed by atoms with Crippen LogP contribution in [0.3, 0.4) is 0 Å². The lowest BCUT2D eigenvalue weighted by Crippen LogP contribution is -2.38. The molecule has 0 bridgehead atoms. The van der Waals surface area contributed by atoms with Crippen molar-refractivity contribution in [2.45, 2.75) is 31.8 Å². The summed E-state index contributed by atoms with van der Waals surface area (Å²) in [5, 5.41) is 9.35. The fourth-order valence-electron chi connectivity index (χ4n) is 2.73. The van der Waals surface area contributed by atoms with Gasteiger partial charge in [-0.15, -0.1) is 0 Å². The van der Waals surface area contributed by atoms with Crippen molar-refractivity contribution in [1.29, 1.82) is 0 Å². The van der Waals surface area contributed by atoms with Crippen molar-refractivity contribution in [3.63, 3.8) is 0 Å². The van der Waals surface area contributed by atoms with Crippen molar-refractivity contribution in [3.8, 4) is 11.5 Å². The van der Waals surface area contributed by atoms with Crippen molar-refractivity contribution in [2.24, 2.45) is 0 Å². The van der Waals surface area contributed by atoms with Gasteiger partial charge in [0.15, 0.2) is 11.5 Å². The molecule has 2 unspecified atom stereocenters. The summed E-state index contributed by atoms with van der Waals surface area (Å²) in [4.78, 5) is 2.29. The molecule has 4 heteroatoms. The zero-order valence-corrected chi connectivity index (χ0v) is 12.6. The average Bonchev–Trinajstić information content (AvgIpc) is 2.46. The van der Waals surface area contributed by atoms with Crippen molar-refractivity contribution in [3.05, 3.63) is 23.8 Å². The first kappa shape index (κ1) is 15.1. The van der Waals surface area contributed by atoms with Gasteiger partial charge in [-0.25, -0.2) is 0 Å². The lowest BCUT2D eigenvalue weighted by atomic mass is 10.0. The molecule has 1 fully saturated rings. The van der Waals surface area contributed by atoms with Crippen LogP contribution in [-0.4, -0.2) is 50.0 Å². The Labute approximate surface area is 121 Å². The second-order valence-corrected chi connectivity index (χ2v) is 5.61. The molecule has 20 heavy (non-hydrogen) atoms. The molecular formula is C16H25NO3. The van der Waals surface area contributed by atoms with Gasteiger partial charge in [-0.3, -0.25) is 0 Å². The molecule has 0 aromatic heterocycles. The smallest absolute Gasteiger partial charge is 0.164 e. The van der Waals surface area contributed by atoms with Gasteiger partial charge in [0.05, 0.1) is 7.11 Å². The van der Waals surface area contributed by atoms with E-state index in [0.29, 0.717) is 0 Å². The van der Waals surface area contributed by atoms with E-state index in [1.54, 1.807) is 7.11 Å². The predicted octanol–water partition coefficient (Wildman–Crippen LogP) is 2.26. The minimum Gasteiger partial charge on any atom is -0.493 e. The highest BCUT2D eigenvalue weighted by molar-refractivity contribution is 5.48. The number of likely N-dealkylation sites (tertiary alicyclic amines) is 1. The van der Waals surface area contributed by atoms with Crippen molar-refractivity contribution in [2.75, 3.05) is 33.9 Å². The normalized spacial score (nSPS) is 21.5. The van der Waals surface area contributed by atoms with E-state index in [4.69, 9.17) is 9.47 Å². The van der Waals surface area contributed by atoms with Gasteiger partial charge in [0.25, 0.3) is 0 Å². The lowest BCUT2D eigenvalue weighted by Gasteiger charge is -2.30. The molecule has 4 nitrogen and oxygen atoms in total. The molecule has 1 aromatic rings. The molecule has 2 rings (SSSR count). The number of aliphatic hydroxyl groups excluding tert-OH is 1. The van der Waals surface area contributed by atoms with Crippen molar-refractivity contribution in [1.82, 2.24) is 4.90 Å². The molecule has 1 aliphatic heterocycles. The van der Waals surface area contributed by atoms with Crippen LogP contribution in [0.4, 0.5) is 0 Å². The molecule has 112 valence electrons. The van der Waals surface area contributed by atoms with E-state index in [0.717, 1.165) is 43.0 Å². The molecule has 1 aliphatic rings. The third-order valence-corrected chi connectivity index (χ3v) is 3.89. The average molecular weight is 279 g/mol. The number of aliphatic hydroxyl groups is 1. The van der Waals surface area contributed by atoms with E-state index in [9.17, 15) is 5.11 Å². The molecule has 0 radical (unpaired) electrons. The van der Waals surface area contributed by atoms with Gasteiger partial charge in [-0.1, -0.05) is 19.1 Å². The monoisotopic (exact) mass is 279 g/mol. The third kappa shape index (κ3) is 3.44. The van der Waals surface area contributed by atoms with Crippen LogP contribution < -0.4 is 9.47 Å². The van der Waals surface area contributed by atoms with Gasteiger partial charge in [0.1, 0.15) is 6.10 Å². The maximum Gasteiger partial charge on any atom is 0.164 e. The van der Waals surface area contributed by atoms with Gasteiger partial charge >= 0.3 is 0 Å². The first-order chi connectivity index (χ1) is 9.65. The number of nitrogens with zero attached hydrogens (tertiary/aromatic N) is 1. The van der Waals surface area contributed by atoms with E-state index < -0.39 is 0 Å². The number of benzene rings is 1. The number of methoxy groups -OCH3 is 1. The van der Waals surface area contributed by atoms with Crippen LogP contribution in [0, 0.1) is 0 Å². The molecular weight excluding hydrogens is 254 g/mol. The van der Waals surface area contributed by atoms with Crippen LogP contribution in [0.1, 0.15) is 31.2 Å². The Morgan fingerprint density at radius 3 is 2.90 bits per heavy atom. The number of para-hydroxylation sites is 1. The number of piperidine rings is 1. The first-order valence-electron chi connectivity index (χ1n) is 7.28. The van der Waals surface area contributed by atoms with Crippen LogP contribution in [-0.2, 0) is 0 Å². The fraction of sp³-hybridized carbons (Fsp3) is 0.625. The minimum absolute atomic E-state index is 0.0440. The maximum absolute atomic E-state index is 9.35. The number of ether oxygens (including phenoxy) is 2. The van der Waals surface area contributed by atoms with E-state index in [1.165, 1.54) is 0 Å². The summed E-state index contributed by atoms with van der Waals surface area (Å²) >= 11 is 0. The predicted molar refractivity (Wildman–Crippen MR) is 79.6 cm³/mol. The summed E-state index contributed by atoms with van der Waals surface area (Å²) in [6.45, 7) is 4.17. The molecule has 1 heterocycles. The molecule has 1 saturated heterocycles. The Bertz CT molecular complexity index is 436. The molecule has 0 saturated carbocycles. The minimum atomic E-state index is 0.0440. The largest absolute Gasteiger partial charge is 0.493 e. The highest BCUT2D eigenvalue weighted by Crippen LogP contribution is 2.36. The molecule has 2 atom stereocenters. The zero-order valence-electron chi connectivity index (χ0n) is 12.6. The van der Waals surface area contributed by atoms with E-state index in [2.05, 4.69) is 11.9 Å². The van der Waals surface area contributed by atoms with Crippen LogP contribution in [0.25, 0.3) is 0 Å². The van der Waals surface area contributed by atoms with Crippen LogP contribution in [0.2, 0.25) is 0 Å². The van der Waals surface area contributed by atoms with Crippen molar-refractivity contribution < 1.29 is 14.6 Å². The third-order valence-electron chi connectivity index (χ3n) is 3.89. The Hall–Kier alpha value is -1.26. The number of likely N-dealkylation sites (N-methyl/N-ethyl adjacent to an activating group) is 1. The molecule has 0 spiro atoms. The first-order valence-corrected chi connectivity index (χ1v) is 7.28. The fourth-order valence-corrected chi connectivity index (χ4v) is 2.73. The zero-order chi connectivity index (χ0) is 14.5. The summed E-state index contributed by atoms with van der Waals surface area (Å²) in [6, 6.07) is 5.90. The summed E-state index contributed by atoms with van der Waals surface area (Å²) in [5.74, 6) is 1.58. The number of rotatable bonds is 5. The Morgan fingerprint density at radius 2 is 2.25 bits per heavy atom. The van der Waals surface area contributed by atoms with E-state index in [-0.39, 0.29) is 18.6 Å². The second-order valence-electron chi connectivity index (χ2n) is 5.61. The van der Waals surface area contributed by atoms with Gasteiger partial charge in [0.2, 0.25) is 0 Å². The number of hydrogen-bond donors (Lipinski definition) is 1. The van der Waals surface area contributed by atoms with Crippen LogP contribution in [0.15, 0.2) is 18.2 Å². The van der Waals surface area contributed by atoms with Gasteiger partial charge in [0, 0.05) is 24.6 Å². The van der Waals surface area contributed by atoms with Gasteiger partial charge < -0.3 is 19.5 Å². The SMILES string of the molecule is COc1c(OC2CCCN(C)C2)cccc1C(C)CO. The van der Waals surface area contributed by atoms with E-state index in [1.807, 2.05) is 25.1 Å². The molecule has 1 N–H and O–H groups in total. The van der Waals surface area contributed by atoms with Crippen LogP contribution >= 0.6 is 0 Å². The molecule has 1 aromatic carbocycles. The van der Waals surface area contributed by atoms with Gasteiger partial charge in [-0.2, -0.15) is 0 Å². The Kier molecular flexibility index (Phi) is 5.26. The van der Waals surface area contributed by atoms with Gasteiger partial charge in [-0.05, 0) is 32.5 Å².